The largest absolute Gasteiger partial charge is 0.351 e. The average molecular weight is 178 g/mol. The van der Waals surface area contributed by atoms with E-state index in [-0.39, 0.29) is 0 Å². The molecule has 12 heavy (non-hydrogen) atoms. The third kappa shape index (κ3) is 2.73. The summed E-state index contributed by atoms with van der Waals surface area (Å²) >= 11 is 0. The van der Waals surface area contributed by atoms with Crippen LogP contribution in [-0.2, 0) is 4.79 Å². The third-order valence-electron chi connectivity index (χ3n) is 1.93. The molecule has 1 aliphatic rings. The average Bonchev–Trinajstić information content (AvgIpc) is 2.51. The lowest BCUT2D eigenvalue weighted by molar-refractivity contribution is -0.131. The molecular formula is C7H12F2N2O. The zero-order valence-corrected chi connectivity index (χ0v) is 6.65. The van der Waals surface area contributed by atoms with Gasteiger partial charge in [0.1, 0.15) is 0 Å². The van der Waals surface area contributed by atoms with Crippen molar-refractivity contribution in [3.63, 3.8) is 0 Å². The fraction of sp³-hybridized carbons (Fsp3) is 0.857. The lowest BCUT2D eigenvalue weighted by Gasteiger charge is -2.08. The van der Waals surface area contributed by atoms with Crippen LogP contribution in [0.3, 0.4) is 0 Å². The topological polar surface area (TPSA) is 41.1 Å². The Labute approximate surface area is 69.5 Å². The molecule has 0 bridgehead atoms. The Morgan fingerprint density at radius 1 is 1.67 bits per heavy atom. The van der Waals surface area contributed by atoms with E-state index in [9.17, 15) is 13.6 Å². The van der Waals surface area contributed by atoms with Crippen molar-refractivity contribution >= 4 is 5.91 Å². The minimum absolute atomic E-state index is 0.313. The molecule has 0 spiro atoms. The van der Waals surface area contributed by atoms with Crippen LogP contribution in [0.2, 0.25) is 0 Å². The van der Waals surface area contributed by atoms with E-state index in [1.165, 1.54) is 0 Å². The minimum Gasteiger partial charge on any atom is -0.351 e. The highest BCUT2D eigenvalue weighted by Crippen LogP contribution is 2.05. The van der Waals surface area contributed by atoms with Gasteiger partial charge < -0.3 is 10.6 Å². The number of alkyl halides is 2. The molecule has 3 nitrogen and oxygen atoms in total. The maximum Gasteiger partial charge on any atom is 0.315 e. The minimum atomic E-state index is -2.89. The first-order valence-electron chi connectivity index (χ1n) is 3.96. The molecule has 1 amide bonds. The van der Waals surface area contributed by atoms with E-state index in [1.54, 1.807) is 0 Å². The van der Waals surface area contributed by atoms with Gasteiger partial charge in [0.2, 0.25) is 0 Å². The lowest BCUT2D eigenvalue weighted by Crippen LogP contribution is -2.34. The van der Waals surface area contributed by atoms with Crippen molar-refractivity contribution in [2.45, 2.75) is 12.8 Å². The highest BCUT2D eigenvalue weighted by Gasteiger charge is 2.18. The molecule has 0 aliphatic carbocycles. The van der Waals surface area contributed by atoms with E-state index in [4.69, 9.17) is 0 Å². The molecule has 0 aromatic heterocycles. The number of rotatable bonds is 3. The Kier molecular flexibility index (Phi) is 3.40. The number of nitrogens with one attached hydrogen (secondary N) is 2. The molecule has 70 valence electrons. The van der Waals surface area contributed by atoms with Crippen LogP contribution in [0.25, 0.3) is 0 Å². The number of hydrogen-bond acceptors (Lipinski definition) is 2. The summed E-state index contributed by atoms with van der Waals surface area (Å²) in [6.07, 6.45) is -1.94. The van der Waals surface area contributed by atoms with Gasteiger partial charge in [0, 0.05) is 6.54 Å². The normalized spacial score (nSPS) is 23.1. The van der Waals surface area contributed by atoms with Crippen molar-refractivity contribution < 1.29 is 13.6 Å². The van der Waals surface area contributed by atoms with E-state index in [1.807, 2.05) is 0 Å². The van der Waals surface area contributed by atoms with Gasteiger partial charge in [-0.3, -0.25) is 4.79 Å². The second kappa shape index (κ2) is 4.35. The van der Waals surface area contributed by atoms with Crippen molar-refractivity contribution in [3.05, 3.63) is 0 Å². The molecule has 1 unspecified atom stereocenters. The third-order valence-corrected chi connectivity index (χ3v) is 1.93. The lowest BCUT2D eigenvalue weighted by atomic mass is 10.1. The number of carbonyl (C=O) groups is 1. The van der Waals surface area contributed by atoms with Crippen LogP contribution in [0.5, 0.6) is 0 Å². The monoisotopic (exact) mass is 178 g/mol. The fourth-order valence-corrected chi connectivity index (χ4v) is 1.21. The summed E-state index contributed by atoms with van der Waals surface area (Å²) in [7, 11) is 0. The second-order valence-corrected chi connectivity index (χ2v) is 2.90. The van der Waals surface area contributed by atoms with Gasteiger partial charge >= 0.3 is 6.43 Å². The Morgan fingerprint density at radius 3 is 2.92 bits per heavy atom. The van der Waals surface area contributed by atoms with Crippen molar-refractivity contribution in [3.8, 4) is 0 Å². The maximum atomic E-state index is 11.7. The summed E-state index contributed by atoms with van der Waals surface area (Å²) in [6.45, 7) is 2.08. The summed E-state index contributed by atoms with van der Waals surface area (Å²) in [4.78, 5) is 10.4. The molecule has 0 radical (unpaired) electrons. The van der Waals surface area contributed by atoms with Crippen molar-refractivity contribution in [2.24, 2.45) is 5.92 Å². The predicted molar refractivity (Wildman–Crippen MR) is 40.0 cm³/mol. The van der Waals surface area contributed by atoms with Crippen LogP contribution < -0.4 is 10.6 Å². The van der Waals surface area contributed by atoms with Crippen LogP contribution in [0.4, 0.5) is 8.78 Å². The Balaban J connectivity index is 2.12. The SMILES string of the molecule is O=C(NCC1CCNC1)C(F)F. The second-order valence-electron chi connectivity index (χ2n) is 2.90. The summed E-state index contributed by atoms with van der Waals surface area (Å²) in [6, 6.07) is 0. The van der Waals surface area contributed by atoms with Gasteiger partial charge in [-0.15, -0.1) is 0 Å². The molecule has 2 N–H and O–H groups in total. The van der Waals surface area contributed by atoms with Gasteiger partial charge in [-0.1, -0.05) is 0 Å². The van der Waals surface area contributed by atoms with Crippen LogP contribution in [0.15, 0.2) is 0 Å². The quantitative estimate of drug-likeness (QED) is 0.637. The van der Waals surface area contributed by atoms with Crippen molar-refractivity contribution in [1.29, 1.82) is 0 Å². The van der Waals surface area contributed by atoms with Gasteiger partial charge in [-0.2, -0.15) is 8.78 Å². The smallest absolute Gasteiger partial charge is 0.315 e. The first-order chi connectivity index (χ1) is 5.70. The molecule has 0 aromatic carbocycles. The molecule has 1 fully saturated rings. The van der Waals surface area contributed by atoms with Gasteiger partial charge in [0.15, 0.2) is 0 Å². The molecule has 0 aromatic rings. The van der Waals surface area contributed by atoms with Crippen LogP contribution in [-0.4, -0.2) is 32.0 Å². The molecule has 5 heteroatoms. The van der Waals surface area contributed by atoms with Gasteiger partial charge in [0.25, 0.3) is 5.91 Å². The van der Waals surface area contributed by atoms with Crippen molar-refractivity contribution in [2.75, 3.05) is 19.6 Å². The molecular weight excluding hydrogens is 166 g/mol. The highest BCUT2D eigenvalue weighted by molar-refractivity contribution is 5.79. The van der Waals surface area contributed by atoms with E-state index in [2.05, 4.69) is 10.6 Å². The van der Waals surface area contributed by atoms with E-state index >= 15 is 0 Å². The zero-order valence-electron chi connectivity index (χ0n) is 6.65. The molecule has 1 atom stereocenters. The summed E-state index contributed by atoms with van der Waals surface area (Å²) in [5.74, 6) is -0.852. The number of amides is 1. The Hall–Kier alpha value is -0.710. The van der Waals surface area contributed by atoms with Crippen LogP contribution in [0, 0.1) is 5.92 Å². The fourth-order valence-electron chi connectivity index (χ4n) is 1.21. The van der Waals surface area contributed by atoms with E-state index in [0.29, 0.717) is 12.5 Å². The number of hydrogen-bond donors (Lipinski definition) is 2. The van der Waals surface area contributed by atoms with Gasteiger partial charge in [0.05, 0.1) is 0 Å². The maximum absolute atomic E-state index is 11.7. The molecule has 0 saturated carbocycles. The van der Waals surface area contributed by atoms with E-state index in [0.717, 1.165) is 19.5 Å². The molecule has 1 heterocycles. The number of carbonyl (C=O) groups excluding carboxylic acids is 1. The van der Waals surface area contributed by atoms with Crippen LogP contribution in [0.1, 0.15) is 6.42 Å². The molecule has 1 aliphatic heterocycles. The van der Waals surface area contributed by atoms with Crippen molar-refractivity contribution in [1.82, 2.24) is 10.6 Å². The van der Waals surface area contributed by atoms with E-state index < -0.39 is 12.3 Å². The summed E-state index contributed by atoms with van der Waals surface area (Å²) < 4.78 is 23.3. The first-order valence-corrected chi connectivity index (χ1v) is 3.96. The Morgan fingerprint density at radius 2 is 2.42 bits per heavy atom. The standard InChI is InChI=1S/C7H12F2N2O/c8-6(9)7(12)11-4-5-1-2-10-3-5/h5-6,10H,1-4H2,(H,11,12). The predicted octanol–water partition coefficient (Wildman–Crippen LogP) is -0.0228. The first kappa shape index (κ1) is 9.38. The number of halogens is 2. The van der Waals surface area contributed by atoms with Gasteiger partial charge in [-0.05, 0) is 25.4 Å². The summed E-state index contributed by atoms with van der Waals surface area (Å²) in [5.41, 5.74) is 0. The van der Waals surface area contributed by atoms with Crippen LogP contribution >= 0.6 is 0 Å². The van der Waals surface area contributed by atoms with Gasteiger partial charge in [-0.25, -0.2) is 0 Å². The summed E-state index contributed by atoms with van der Waals surface area (Å²) in [5, 5.41) is 5.28. The Bertz CT molecular complexity index is 157. The molecule has 1 saturated heterocycles. The highest BCUT2D eigenvalue weighted by atomic mass is 19.3. The zero-order chi connectivity index (χ0) is 8.97. The molecule has 1 rings (SSSR count).